The first-order valence-corrected chi connectivity index (χ1v) is 6.54. The van der Waals surface area contributed by atoms with Crippen LogP contribution in [0.5, 0.6) is 0 Å². The number of carboxylic acids is 1. The molecule has 0 radical (unpaired) electrons. The van der Waals surface area contributed by atoms with Crippen LogP contribution in [-0.4, -0.2) is 11.1 Å². The van der Waals surface area contributed by atoms with E-state index in [9.17, 15) is 9.90 Å². The SMILES string of the molecule is CCCCc1cccc(CCCC)c1C(=O)O. The second-order valence-corrected chi connectivity index (χ2v) is 4.46. The summed E-state index contributed by atoms with van der Waals surface area (Å²) in [5.41, 5.74) is 2.54. The van der Waals surface area contributed by atoms with Crippen molar-refractivity contribution in [2.24, 2.45) is 0 Å². The van der Waals surface area contributed by atoms with Crippen LogP contribution in [0.15, 0.2) is 18.2 Å². The normalized spacial score (nSPS) is 10.5. The molecule has 1 aromatic carbocycles. The molecule has 2 heteroatoms. The van der Waals surface area contributed by atoms with Crippen LogP contribution in [0.1, 0.15) is 61.0 Å². The highest BCUT2D eigenvalue weighted by Gasteiger charge is 2.14. The minimum absolute atomic E-state index is 0.550. The zero-order chi connectivity index (χ0) is 12.7. The molecule has 0 aliphatic carbocycles. The van der Waals surface area contributed by atoms with Crippen molar-refractivity contribution in [3.8, 4) is 0 Å². The number of carbonyl (C=O) groups is 1. The van der Waals surface area contributed by atoms with E-state index in [1.54, 1.807) is 0 Å². The van der Waals surface area contributed by atoms with Crippen molar-refractivity contribution in [3.63, 3.8) is 0 Å². The van der Waals surface area contributed by atoms with Crippen molar-refractivity contribution in [3.05, 3.63) is 34.9 Å². The van der Waals surface area contributed by atoms with Gasteiger partial charge < -0.3 is 5.11 Å². The Labute approximate surface area is 104 Å². The van der Waals surface area contributed by atoms with Gasteiger partial charge in [0.15, 0.2) is 0 Å². The Morgan fingerprint density at radius 3 is 1.88 bits per heavy atom. The molecule has 94 valence electrons. The van der Waals surface area contributed by atoms with Crippen molar-refractivity contribution in [1.29, 1.82) is 0 Å². The lowest BCUT2D eigenvalue weighted by molar-refractivity contribution is 0.0694. The summed E-state index contributed by atoms with van der Waals surface area (Å²) in [5, 5.41) is 9.35. The average Bonchev–Trinajstić information content (AvgIpc) is 2.33. The van der Waals surface area contributed by atoms with Gasteiger partial charge >= 0.3 is 5.97 Å². The van der Waals surface area contributed by atoms with E-state index in [0.29, 0.717) is 5.56 Å². The van der Waals surface area contributed by atoms with Gasteiger partial charge in [0.2, 0.25) is 0 Å². The zero-order valence-corrected chi connectivity index (χ0v) is 10.8. The fraction of sp³-hybridized carbons (Fsp3) is 0.533. The second kappa shape index (κ2) is 7.10. The summed E-state index contributed by atoms with van der Waals surface area (Å²) in [4.78, 5) is 11.4. The summed E-state index contributed by atoms with van der Waals surface area (Å²) in [5.74, 6) is -0.775. The zero-order valence-electron chi connectivity index (χ0n) is 10.8. The molecule has 1 aromatic rings. The summed E-state index contributed by atoms with van der Waals surface area (Å²) in [6.45, 7) is 4.25. The number of rotatable bonds is 7. The van der Waals surface area contributed by atoms with Crippen molar-refractivity contribution < 1.29 is 9.90 Å². The molecule has 0 saturated carbocycles. The molecule has 0 heterocycles. The highest BCUT2D eigenvalue weighted by molar-refractivity contribution is 5.91. The number of hydrogen-bond acceptors (Lipinski definition) is 1. The lowest BCUT2D eigenvalue weighted by Gasteiger charge is -2.11. The molecular weight excluding hydrogens is 212 g/mol. The van der Waals surface area contributed by atoms with Crippen LogP contribution < -0.4 is 0 Å². The Bertz CT molecular complexity index is 343. The quantitative estimate of drug-likeness (QED) is 0.772. The largest absolute Gasteiger partial charge is 0.478 e. The van der Waals surface area contributed by atoms with Crippen LogP contribution in [0, 0.1) is 0 Å². The van der Waals surface area contributed by atoms with E-state index < -0.39 is 5.97 Å². The van der Waals surface area contributed by atoms with Gasteiger partial charge in [0.05, 0.1) is 5.56 Å². The third-order valence-electron chi connectivity index (χ3n) is 3.05. The molecule has 0 aliphatic heterocycles. The smallest absolute Gasteiger partial charge is 0.336 e. The number of aromatic carboxylic acids is 1. The number of hydrogen-bond donors (Lipinski definition) is 1. The average molecular weight is 234 g/mol. The Balaban J connectivity index is 2.99. The maximum absolute atomic E-state index is 11.4. The van der Waals surface area contributed by atoms with Crippen LogP contribution >= 0.6 is 0 Å². The van der Waals surface area contributed by atoms with Crippen molar-refractivity contribution in [2.75, 3.05) is 0 Å². The van der Waals surface area contributed by atoms with E-state index in [1.807, 2.05) is 18.2 Å². The summed E-state index contributed by atoms with van der Waals surface area (Å²) in [6, 6.07) is 5.89. The van der Waals surface area contributed by atoms with E-state index >= 15 is 0 Å². The lowest BCUT2D eigenvalue weighted by Crippen LogP contribution is -2.07. The third-order valence-corrected chi connectivity index (χ3v) is 3.05. The minimum atomic E-state index is -0.775. The van der Waals surface area contributed by atoms with Crippen LogP contribution in [-0.2, 0) is 12.8 Å². The monoisotopic (exact) mass is 234 g/mol. The number of carboxylic acid groups (broad SMARTS) is 1. The highest BCUT2D eigenvalue weighted by Crippen LogP contribution is 2.19. The van der Waals surface area contributed by atoms with Gasteiger partial charge in [0, 0.05) is 0 Å². The fourth-order valence-corrected chi connectivity index (χ4v) is 2.08. The van der Waals surface area contributed by atoms with Gasteiger partial charge in [-0.2, -0.15) is 0 Å². The molecule has 0 saturated heterocycles. The molecule has 2 nitrogen and oxygen atoms in total. The molecule has 1 rings (SSSR count). The summed E-state index contributed by atoms with van der Waals surface area (Å²) >= 11 is 0. The first kappa shape index (κ1) is 13.8. The molecule has 0 aliphatic rings. The van der Waals surface area contributed by atoms with Gasteiger partial charge in [-0.25, -0.2) is 4.79 Å². The highest BCUT2D eigenvalue weighted by atomic mass is 16.4. The Hall–Kier alpha value is -1.31. The molecule has 0 aromatic heterocycles. The molecule has 0 atom stereocenters. The maximum Gasteiger partial charge on any atom is 0.336 e. The molecular formula is C15H22O2. The summed E-state index contributed by atoms with van der Waals surface area (Å²) < 4.78 is 0. The van der Waals surface area contributed by atoms with Gasteiger partial charge in [0.1, 0.15) is 0 Å². The van der Waals surface area contributed by atoms with Crippen LogP contribution in [0.25, 0.3) is 0 Å². The van der Waals surface area contributed by atoms with Gasteiger partial charge in [0.25, 0.3) is 0 Å². The molecule has 0 fully saturated rings. The predicted octanol–water partition coefficient (Wildman–Crippen LogP) is 4.07. The molecule has 0 spiro atoms. The first-order valence-electron chi connectivity index (χ1n) is 6.54. The Morgan fingerprint density at radius 1 is 1.06 bits per heavy atom. The van der Waals surface area contributed by atoms with E-state index in [1.165, 1.54) is 0 Å². The lowest BCUT2D eigenvalue weighted by atomic mass is 9.94. The molecule has 0 unspecified atom stereocenters. The van der Waals surface area contributed by atoms with Gasteiger partial charge in [-0.1, -0.05) is 44.9 Å². The first-order chi connectivity index (χ1) is 8.20. The van der Waals surface area contributed by atoms with E-state index in [-0.39, 0.29) is 0 Å². The van der Waals surface area contributed by atoms with Crippen LogP contribution in [0.2, 0.25) is 0 Å². The fourth-order valence-electron chi connectivity index (χ4n) is 2.08. The van der Waals surface area contributed by atoms with Crippen molar-refractivity contribution in [2.45, 2.75) is 52.4 Å². The van der Waals surface area contributed by atoms with Gasteiger partial charge in [-0.3, -0.25) is 0 Å². The topological polar surface area (TPSA) is 37.3 Å². The van der Waals surface area contributed by atoms with Crippen molar-refractivity contribution in [1.82, 2.24) is 0 Å². The molecule has 1 N–H and O–H groups in total. The summed E-state index contributed by atoms with van der Waals surface area (Å²) in [6.07, 6.45) is 6.04. The Morgan fingerprint density at radius 2 is 1.53 bits per heavy atom. The van der Waals surface area contributed by atoms with Gasteiger partial charge in [-0.15, -0.1) is 0 Å². The number of unbranched alkanes of at least 4 members (excludes halogenated alkanes) is 2. The molecule has 0 amide bonds. The number of aryl methyl sites for hydroxylation is 2. The van der Waals surface area contributed by atoms with E-state index in [4.69, 9.17) is 0 Å². The predicted molar refractivity (Wildman–Crippen MR) is 70.6 cm³/mol. The minimum Gasteiger partial charge on any atom is -0.478 e. The molecule has 0 bridgehead atoms. The summed E-state index contributed by atoms with van der Waals surface area (Å²) in [7, 11) is 0. The van der Waals surface area contributed by atoms with Crippen molar-refractivity contribution >= 4 is 5.97 Å². The van der Waals surface area contributed by atoms with Crippen LogP contribution in [0.3, 0.4) is 0 Å². The number of benzene rings is 1. The Kier molecular flexibility index (Phi) is 5.75. The van der Waals surface area contributed by atoms with Crippen LogP contribution in [0.4, 0.5) is 0 Å². The third kappa shape index (κ3) is 3.88. The second-order valence-electron chi connectivity index (χ2n) is 4.46. The van der Waals surface area contributed by atoms with E-state index in [0.717, 1.165) is 49.7 Å². The van der Waals surface area contributed by atoms with E-state index in [2.05, 4.69) is 13.8 Å². The van der Waals surface area contributed by atoms with Gasteiger partial charge in [-0.05, 0) is 36.8 Å². The standard InChI is InChI=1S/C15H22O2/c1-3-5-8-12-10-7-11-13(9-6-4-2)14(12)15(16)17/h7,10-11H,3-6,8-9H2,1-2H3,(H,16,17). The maximum atomic E-state index is 11.4. The molecule has 17 heavy (non-hydrogen) atoms.